The van der Waals surface area contributed by atoms with Gasteiger partial charge < -0.3 is 10.6 Å². The minimum absolute atomic E-state index is 0.0905. The number of carbonyl (C=O) groups excluding carboxylic acids is 2. The number of rotatable bonds is 9. The van der Waals surface area contributed by atoms with Crippen molar-refractivity contribution in [3.8, 4) is 0 Å². The number of aromatic nitrogens is 2. The van der Waals surface area contributed by atoms with Crippen LogP contribution in [-0.4, -0.2) is 22.0 Å². The number of allylic oxidation sites excluding steroid dienone is 2. The second kappa shape index (κ2) is 9.85. The molecular weight excluding hydrogens is 383 g/mol. The maximum Gasteiger partial charge on any atom is 0.275 e. The number of hydrogen-bond acceptors (Lipinski definition) is 3. The van der Waals surface area contributed by atoms with E-state index in [-0.39, 0.29) is 30.1 Å². The van der Waals surface area contributed by atoms with E-state index >= 15 is 0 Å². The lowest BCUT2D eigenvalue weighted by Crippen LogP contribution is -2.25. The lowest BCUT2D eigenvalue weighted by atomic mass is 10.1. The zero-order valence-electron chi connectivity index (χ0n) is 15.5. The third-order valence-electron chi connectivity index (χ3n) is 4.07. The van der Waals surface area contributed by atoms with Crippen LogP contribution >= 0.6 is 11.6 Å². The molecule has 3 N–H and O–H groups in total. The molecule has 0 aliphatic heterocycles. The fourth-order valence-electron chi connectivity index (χ4n) is 2.43. The Morgan fingerprint density at radius 1 is 1.29 bits per heavy atom. The van der Waals surface area contributed by atoms with Gasteiger partial charge >= 0.3 is 0 Å². The summed E-state index contributed by atoms with van der Waals surface area (Å²) in [7, 11) is 0. The fourth-order valence-corrected chi connectivity index (χ4v) is 2.56. The Balaban J connectivity index is 1.90. The summed E-state index contributed by atoms with van der Waals surface area (Å²) in [6.45, 7) is 8.59. The lowest BCUT2D eigenvalue weighted by molar-refractivity contribution is -0.116. The molecule has 1 atom stereocenters. The number of H-pyrrole nitrogens is 1. The molecule has 1 unspecified atom stereocenters. The van der Waals surface area contributed by atoms with E-state index in [2.05, 4.69) is 34.0 Å². The molecule has 0 aliphatic carbocycles. The van der Waals surface area contributed by atoms with Crippen molar-refractivity contribution in [1.82, 2.24) is 15.5 Å². The van der Waals surface area contributed by atoms with Crippen molar-refractivity contribution in [2.24, 2.45) is 5.92 Å². The van der Waals surface area contributed by atoms with Gasteiger partial charge in [0.05, 0.1) is 17.7 Å². The van der Waals surface area contributed by atoms with E-state index in [4.69, 9.17) is 11.6 Å². The SMILES string of the molecule is C=C(CC(C)C(=C)F)NC(=O)c1[nH]ncc1NC(=O)CCc1ccc(Cl)cc1. The predicted molar refractivity (Wildman–Crippen MR) is 108 cm³/mol. The van der Waals surface area contributed by atoms with Crippen LogP contribution in [-0.2, 0) is 11.2 Å². The Bertz CT molecular complexity index is 877. The van der Waals surface area contributed by atoms with Gasteiger partial charge in [0.1, 0.15) is 5.69 Å². The van der Waals surface area contributed by atoms with Gasteiger partial charge in [-0.05, 0) is 30.5 Å². The molecular formula is C20H22ClFN4O2. The number of hydrogen-bond donors (Lipinski definition) is 3. The highest BCUT2D eigenvalue weighted by Gasteiger charge is 2.17. The highest BCUT2D eigenvalue weighted by atomic mass is 35.5. The number of aryl methyl sites for hydroxylation is 1. The van der Waals surface area contributed by atoms with E-state index in [9.17, 15) is 14.0 Å². The summed E-state index contributed by atoms with van der Waals surface area (Å²) >= 11 is 5.84. The Labute approximate surface area is 167 Å². The van der Waals surface area contributed by atoms with Crippen molar-refractivity contribution in [2.75, 3.05) is 5.32 Å². The van der Waals surface area contributed by atoms with Gasteiger partial charge in [-0.15, -0.1) is 0 Å². The van der Waals surface area contributed by atoms with Crippen LogP contribution in [0.3, 0.4) is 0 Å². The highest BCUT2D eigenvalue weighted by Crippen LogP contribution is 2.18. The lowest BCUT2D eigenvalue weighted by Gasteiger charge is -2.12. The van der Waals surface area contributed by atoms with Crippen molar-refractivity contribution >= 4 is 29.1 Å². The molecule has 0 radical (unpaired) electrons. The summed E-state index contributed by atoms with van der Waals surface area (Å²) < 4.78 is 13.1. The molecule has 28 heavy (non-hydrogen) atoms. The van der Waals surface area contributed by atoms with E-state index in [0.29, 0.717) is 17.1 Å². The molecule has 2 rings (SSSR count). The van der Waals surface area contributed by atoms with Crippen LogP contribution in [0.25, 0.3) is 0 Å². The fraction of sp³-hybridized carbons (Fsp3) is 0.250. The summed E-state index contributed by atoms with van der Waals surface area (Å²) in [5.41, 5.74) is 1.66. The molecule has 0 spiro atoms. The normalized spacial score (nSPS) is 11.5. The molecule has 8 heteroatoms. The van der Waals surface area contributed by atoms with Gasteiger partial charge in [0.25, 0.3) is 5.91 Å². The van der Waals surface area contributed by atoms with Gasteiger partial charge in [-0.25, -0.2) is 4.39 Å². The molecule has 1 aromatic heterocycles. The largest absolute Gasteiger partial charge is 0.325 e. The molecule has 0 bridgehead atoms. The average Bonchev–Trinajstić information content (AvgIpc) is 3.09. The topological polar surface area (TPSA) is 86.9 Å². The van der Waals surface area contributed by atoms with Gasteiger partial charge in [0.2, 0.25) is 5.91 Å². The highest BCUT2D eigenvalue weighted by molar-refractivity contribution is 6.30. The first-order valence-electron chi connectivity index (χ1n) is 8.67. The van der Waals surface area contributed by atoms with Crippen LogP contribution in [0.1, 0.15) is 35.8 Å². The molecule has 148 valence electrons. The Kier molecular flexibility index (Phi) is 7.52. The van der Waals surface area contributed by atoms with E-state index in [0.717, 1.165) is 5.56 Å². The van der Waals surface area contributed by atoms with E-state index in [1.165, 1.54) is 6.20 Å². The maximum absolute atomic E-state index is 13.1. The maximum atomic E-state index is 13.1. The van der Waals surface area contributed by atoms with Gasteiger partial charge in [-0.2, -0.15) is 5.10 Å². The van der Waals surface area contributed by atoms with Crippen molar-refractivity contribution < 1.29 is 14.0 Å². The molecule has 1 aromatic carbocycles. The van der Waals surface area contributed by atoms with Gasteiger partial charge in [-0.1, -0.05) is 43.8 Å². The van der Waals surface area contributed by atoms with Crippen LogP contribution in [0.15, 0.2) is 55.1 Å². The first kappa shape index (κ1) is 21.4. The molecule has 2 aromatic rings. The number of halogens is 2. The van der Waals surface area contributed by atoms with Crippen LogP contribution < -0.4 is 10.6 Å². The smallest absolute Gasteiger partial charge is 0.275 e. The van der Waals surface area contributed by atoms with Crippen LogP contribution in [0.4, 0.5) is 10.1 Å². The third kappa shape index (κ3) is 6.35. The van der Waals surface area contributed by atoms with Crippen molar-refractivity contribution in [1.29, 1.82) is 0 Å². The molecule has 0 aliphatic rings. The van der Waals surface area contributed by atoms with Crippen molar-refractivity contribution in [2.45, 2.75) is 26.2 Å². The second-order valence-corrected chi connectivity index (χ2v) is 6.88. The summed E-state index contributed by atoms with van der Waals surface area (Å²) in [4.78, 5) is 24.5. The predicted octanol–water partition coefficient (Wildman–Crippen LogP) is 4.39. The minimum atomic E-state index is -0.521. The summed E-state index contributed by atoms with van der Waals surface area (Å²) in [6, 6.07) is 7.23. The van der Waals surface area contributed by atoms with Crippen LogP contribution in [0, 0.1) is 5.92 Å². The Morgan fingerprint density at radius 3 is 2.61 bits per heavy atom. The standard InChI is InChI=1S/C20H22ClFN4O2/c1-12(14(3)22)10-13(2)24-20(28)19-17(11-23-26-19)25-18(27)9-6-15-4-7-16(21)8-5-15/h4-5,7-8,11-12H,2-3,6,9-10H2,1H3,(H,23,26)(H,24,28)(H,25,27). The number of amides is 2. The average molecular weight is 405 g/mol. The minimum Gasteiger partial charge on any atom is -0.325 e. The van der Waals surface area contributed by atoms with Crippen molar-refractivity contribution in [3.63, 3.8) is 0 Å². The van der Waals surface area contributed by atoms with E-state index in [1.807, 2.05) is 12.1 Å². The zero-order chi connectivity index (χ0) is 20.7. The number of anilines is 1. The van der Waals surface area contributed by atoms with Gasteiger partial charge in [0, 0.05) is 23.1 Å². The number of nitrogens with one attached hydrogen (secondary N) is 3. The van der Waals surface area contributed by atoms with Gasteiger partial charge in [-0.3, -0.25) is 14.7 Å². The second-order valence-electron chi connectivity index (χ2n) is 6.44. The van der Waals surface area contributed by atoms with E-state index in [1.54, 1.807) is 19.1 Å². The van der Waals surface area contributed by atoms with Crippen LogP contribution in [0.2, 0.25) is 5.02 Å². The first-order chi connectivity index (χ1) is 13.3. The number of benzene rings is 1. The molecule has 1 heterocycles. The monoisotopic (exact) mass is 404 g/mol. The molecule has 0 saturated carbocycles. The number of nitrogens with zero attached hydrogens (tertiary/aromatic N) is 1. The van der Waals surface area contributed by atoms with Gasteiger partial charge in [0.15, 0.2) is 0 Å². The molecule has 0 fully saturated rings. The summed E-state index contributed by atoms with van der Waals surface area (Å²) in [5.74, 6) is -1.72. The number of carbonyl (C=O) groups is 2. The number of aromatic amines is 1. The zero-order valence-corrected chi connectivity index (χ0v) is 16.3. The quantitative estimate of drug-likeness (QED) is 0.579. The Morgan fingerprint density at radius 2 is 1.96 bits per heavy atom. The van der Waals surface area contributed by atoms with E-state index < -0.39 is 17.7 Å². The molecule has 2 amide bonds. The third-order valence-corrected chi connectivity index (χ3v) is 4.32. The molecule has 0 saturated heterocycles. The summed E-state index contributed by atoms with van der Waals surface area (Å²) in [5, 5.41) is 12.2. The van der Waals surface area contributed by atoms with Crippen LogP contribution in [0.5, 0.6) is 0 Å². The first-order valence-corrected chi connectivity index (χ1v) is 9.05. The molecule has 6 nitrogen and oxygen atoms in total. The van der Waals surface area contributed by atoms with Crippen molar-refractivity contribution in [3.05, 3.63) is 71.4 Å². The summed E-state index contributed by atoms with van der Waals surface area (Å²) in [6.07, 6.45) is 2.34. The Hall–Kier alpha value is -2.93.